The number of aryl methyl sites for hydroxylation is 1. The molecule has 0 aliphatic carbocycles. The summed E-state index contributed by atoms with van der Waals surface area (Å²) in [7, 11) is 0. The summed E-state index contributed by atoms with van der Waals surface area (Å²) >= 11 is 1.69. The molecule has 1 unspecified atom stereocenters. The molecule has 1 aromatic heterocycles. The Hall–Kier alpha value is -1.39. The Morgan fingerprint density at radius 2 is 2.16 bits per heavy atom. The number of hydrogen-bond acceptors (Lipinski definition) is 4. The number of ether oxygens (including phenoxy) is 1. The second-order valence-corrected chi connectivity index (χ2v) is 5.95. The highest BCUT2D eigenvalue weighted by Crippen LogP contribution is 2.23. The highest BCUT2D eigenvalue weighted by molar-refractivity contribution is 7.09. The van der Waals surface area contributed by atoms with Gasteiger partial charge in [0, 0.05) is 29.3 Å². The van der Waals surface area contributed by atoms with Crippen LogP contribution in [-0.4, -0.2) is 24.2 Å². The van der Waals surface area contributed by atoms with Crippen LogP contribution in [0.2, 0.25) is 0 Å². The lowest BCUT2D eigenvalue weighted by Crippen LogP contribution is -2.29. The average Bonchev–Trinajstić information content (AvgIpc) is 2.87. The molecule has 1 fully saturated rings. The van der Waals surface area contributed by atoms with Gasteiger partial charge in [-0.15, -0.1) is 11.3 Å². The lowest BCUT2D eigenvalue weighted by atomic mass is 10.1. The third-order valence-corrected chi connectivity index (χ3v) is 4.10. The van der Waals surface area contributed by atoms with Gasteiger partial charge in [-0.1, -0.05) is 12.1 Å². The number of aromatic nitrogens is 1. The zero-order valence-electron chi connectivity index (χ0n) is 11.1. The lowest BCUT2D eigenvalue weighted by Gasteiger charge is -2.24. The standard InChI is InChI=1S/C15H18N2OS/c1-11-16-15(10-19-11)12-4-6-13(7-5-12)17-14-3-2-8-18-9-14/h4-7,10,14,17H,2-3,8-9H2,1H3. The van der Waals surface area contributed by atoms with E-state index in [2.05, 4.69) is 39.9 Å². The molecule has 0 spiro atoms. The van der Waals surface area contributed by atoms with Crippen LogP contribution in [0.4, 0.5) is 5.69 Å². The smallest absolute Gasteiger partial charge is 0.0901 e. The van der Waals surface area contributed by atoms with Crippen LogP contribution in [0.5, 0.6) is 0 Å². The normalized spacial score (nSPS) is 19.3. The molecule has 3 nitrogen and oxygen atoms in total. The summed E-state index contributed by atoms with van der Waals surface area (Å²) in [5, 5.41) is 6.73. The van der Waals surface area contributed by atoms with Gasteiger partial charge in [0.25, 0.3) is 0 Å². The largest absolute Gasteiger partial charge is 0.380 e. The van der Waals surface area contributed by atoms with E-state index in [0.717, 1.165) is 36.0 Å². The molecule has 4 heteroatoms. The van der Waals surface area contributed by atoms with Gasteiger partial charge in [0.2, 0.25) is 0 Å². The summed E-state index contributed by atoms with van der Waals surface area (Å²) in [6.45, 7) is 3.75. The Morgan fingerprint density at radius 3 is 2.79 bits per heavy atom. The fraction of sp³-hybridized carbons (Fsp3) is 0.400. The van der Waals surface area contributed by atoms with E-state index in [-0.39, 0.29) is 0 Å². The molecule has 1 aliphatic rings. The summed E-state index contributed by atoms with van der Waals surface area (Å²) in [5.41, 5.74) is 3.40. The summed E-state index contributed by atoms with van der Waals surface area (Å²) in [6.07, 6.45) is 2.33. The quantitative estimate of drug-likeness (QED) is 0.926. The Balaban J connectivity index is 1.68. The molecule has 1 atom stereocenters. The van der Waals surface area contributed by atoms with Crippen LogP contribution in [-0.2, 0) is 4.74 Å². The Bertz CT molecular complexity index is 529. The maximum absolute atomic E-state index is 5.48. The molecule has 1 saturated heterocycles. The van der Waals surface area contributed by atoms with Crippen molar-refractivity contribution >= 4 is 17.0 Å². The summed E-state index contributed by atoms with van der Waals surface area (Å²) in [4.78, 5) is 4.50. The molecule has 0 bridgehead atoms. The minimum Gasteiger partial charge on any atom is -0.380 e. The van der Waals surface area contributed by atoms with Crippen molar-refractivity contribution in [2.24, 2.45) is 0 Å². The number of nitrogens with zero attached hydrogens (tertiary/aromatic N) is 1. The Morgan fingerprint density at radius 1 is 1.32 bits per heavy atom. The van der Waals surface area contributed by atoms with Gasteiger partial charge in [-0.25, -0.2) is 4.98 Å². The molecule has 0 saturated carbocycles. The van der Waals surface area contributed by atoms with Gasteiger partial charge in [-0.05, 0) is 31.9 Å². The van der Waals surface area contributed by atoms with E-state index in [1.165, 1.54) is 12.0 Å². The van der Waals surface area contributed by atoms with Gasteiger partial charge in [0.1, 0.15) is 0 Å². The third-order valence-electron chi connectivity index (χ3n) is 3.33. The number of rotatable bonds is 3. The van der Waals surface area contributed by atoms with Gasteiger partial charge < -0.3 is 10.1 Å². The number of thiazole rings is 1. The topological polar surface area (TPSA) is 34.2 Å². The molecule has 0 amide bonds. The summed E-state index contributed by atoms with van der Waals surface area (Å²) in [5.74, 6) is 0. The molecule has 19 heavy (non-hydrogen) atoms. The molecule has 1 aromatic carbocycles. The lowest BCUT2D eigenvalue weighted by molar-refractivity contribution is 0.0876. The van der Waals surface area contributed by atoms with Crippen LogP contribution >= 0.6 is 11.3 Å². The highest BCUT2D eigenvalue weighted by Gasteiger charge is 2.13. The van der Waals surface area contributed by atoms with Crippen molar-refractivity contribution in [2.75, 3.05) is 18.5 Å². The van der Waals surface area contributed by atoms with E-state index < -0.39 is 0 Å². The fourth-order valence-corrected chi connectivity index (χ4v) is 2.95. The van der Waals surface area contributed by atoms with Crippen molar-refractivity contribution in [3.8, 4) is 11.3 Å². The second kappa shape index (κ2) is 5.72. The summed E-state index contributed by atoms with van der Waals surface area (Å²) in [6, 6.07) is 8.94. The monoisotopic (exact) mass is 274 g/mol. The zero-order chi connectivity index (χ0) is 13.1. The average molecular weight is 274 g/mol. The van der Waals surface area contributed by atoms with Gasteiger partial charge in [0.15, 0.2) is 0 Å². The van der Waals surface area contributed by atoms with Gasteiger partial charge >= 0.3 is 0 Å². The maximum Gasteiger partial charge on any atom is 0.0901 e. The maximum atomic E-state index is 5.48. The highest BCUT2D eigenvalue weighted by atomic mass is 32.1. The van der Waals surface area contributed by atoms with E-state index in [1.54, 1.807) is 11.3 Å². The van der Waals surface area contributed by atoms with Crippen LogP contribution < -0.4 is 5.32 Å². The third kappa shape index (κ3) is 3.14. The molecule has 1 N–H and O–H groups in total. The number of anilines is 1. The Labute approximate surface area is 117 Å². The van der Waals surface area contributed by atoms with Gasteiger partial charge in [-0.3, -0.25) is 0 Å². The molecule has 100 valence electrons. The van der Waals surface area contributed by atoms with Crippen LogP contribution in [0.1, 0.15) is 17.8 Å². The van der Waals surface area contributed by atoms with Crippen molar-refractivity contribution in [1.29, 1.82) is 0 Å². The van der Waals surface area contributed by atoms with E-state index in [0.29, 0.717) is 6.04 Å². The van der Waals surface area contributed by atoms with E-state index in [9.17, 15) is 0 Å². The van der Waals surface area contributed by atoms with Crippen LogP contribution in [0, 0.1) is 6.92 Å². The Kier molecular flexibility index (Phi) is 3.80. The minimum absolute atomic E-state index is 0.445. The molecular formula is C15H18N2OS. The van der Waals surface area contributed by atoms with Crippen molar-refractivity contribution in [3.05, 3.63) is 34.7 Å². The molecular weight excluding hydrogens is 256 g/mol. The number of hydrogen-bond donors (Lipinski definition) is 1. The second-order valence-electron chi connectivity index (χ2n) is 4.89. The molecule has 2 aromatic rings. The first kappa shape index (κ1) is 12.6. The SMILES string of the molecule is Cc1nc(-c2ccc(NC3CCCOC3)cc2)cs1. The molecule has 1 aliphatic heterocycles. The first-order valence-electron chi connectivity index (χ1n) is 6.68. The van der Waals surface area contributed by atoms with Crippen molar-refractivity contribution in [3.63, 3.8) is 0 Å². The fourth-order valence-electron chi connectivity index (χ4n) is 2.32. The first-order chi connectivity index (χ1) is 9.31. The van der Waals surface area contributed by atoms with Crippen molar-refractivity contribution < 1.29 is 4.74 Å². The summed E-state index contributed by atoms with van der Waals surface area (Å²) < 4.78 is 5.48. The van der Waals surface area contributed by atoms with Crippen molar-refractivity contribution in [2.45, 2.75) is 25.8 Å². The molecule has 3 rings (SSSR count). The first-order valence-corrected chi connectivity index (χ1v) is 7.56. The van der Waals surface area contributed by atoms with E-state index in [4.69, 9.17) is 4.74 Å². The number of nitrogens with one attached hydrogen (secondary N) is 1. The van der Waals surface area contributed by atoms with Gasteiger partial charge in [-0.2, -0.15) is 0 Å². The van der Waals surface area contributed by atoms with E-state index in [1.807, 2.05) is 6.92 Å². The predicted molar refractivity (Wildman–Crippen MR) is 79.8 cm³/mol. The molecule has 0 radical (unpaired) electrons. The van der Waals surface area contributed by atoms with Crippen LogP contribution in [0.25, 0.3) is 11.3 Å². The van der Waals surface area contributed by atoms with Gasteiger partial charge in [0.05, 0.1) is 17.3 Å². The van der Waals surface area contributed by atoms with Crippen LogP contribution in [0.3, 0.4) is 0 Å². The van der Waals surface area contributed by atoms with Crippen LogP contribution in [0.15, 0.2) is 29.6 Å². The minimum atomic E-state index is 0.445. The molecule has 2 heterocycles. The number of benzene rings is 1. The van der Waals surface area contributed by atoms with Crippen molar-refractivity contribution in [1.82, 2.24) is 4.98 Å². The van der Waals surface area contributed by atoms with E-state index >= 15 is 0 Å². The zero-order valence-corrected chi connectivity index (χ0v) is 11.9. The predicted octanol–water partition coefficient (Wildman–Crippen LogP) is 3.71.